The van der Waals surface area contributed by atoms with Crippen molar-refractivity contribution in [2.75, 3.05) is 12.3 Å². The van der Waals surface area contributed by atoms with E-state index in [4.69, 9.17) is 5.73 Å². The van der Waals surface area contributed by atoms with Crippen LogP contribution in [0.15, 0.2) is 42.6 Å². The molecule has 3 heteroatoms. The lowest BCUT2D eigenvalue weighted by atomic mass is 9.98. The molecular formula is C17H23N3. The van der Waals surface area contributed by atoms with Gasteiger partial charge in [0, 0.05) is 12.2 Å². The lowest BCUT2D eigenvalue weighted by Gasteiger charge is -2.19. The van der Waals surface area contributed by atoms with Gasteiger partial charge in [-0.05, 0) is 49.6 Å². The molecule has 0 bridgehead atoms. The van der Waals surface area contributed by atoms with Gasteiger partial charge in [0.25, 0.3) is 0 Å². The largest absolute Gasteiger partial charge is 0.384 e. The van der Waals surface area contributed by atoms with Crippen LogP contribution >= 0.6 is 0 Å². The Bertz CT molecular complexity index is 534. The van der Waals surface area contributed by atoms with Gasteiger partial charge in [-0.2, -0.15) is 0 Å². The van der Waals surface area contributed by atoms with Gasteiger partial charge in [-0.1, -0.05) is 36.8 Å². The minimum Gasteiger partial charge on any atom is -0.384 e. The number of rotatable bonds is 6. The Hall–Kier alpha value is -1.87. The molecule has 106 valence electrons. The van der Waals surface area contributed by atoms with E-state index in [1.54, 1.807) is 6.20 Å². The van der Waals surface area contributed by atoms with Crippen LogP contribution in [0.4, 0.5) is 5.82 Å². The van der Waals surface area contributed by atoms with E-state index in [-0.39, 0.29) is 0 Å². The molecule has 0 saturated heterocycles. The summed E-state index contributed by atoms with van der Waals surface area (Å²) in [7, 11) is 0. The first kappa shape index (κ1) is 14.5. The van der Waals surface area contributed by atoms with Crippen molar-refractivity contribution in [2.45, 2.75) is 32.7 Å². The van der Waals surface area contributed by atoms with Crippen molar-refractivity contribution in [3.8, 4) is 0 Å². The first-order valence-corrected chi connectivity index (χ1v) is 7.19. The summed E-state index contributed by atoms with van der Waals surface area (Å²) in [6.07, 6.45) is 3.83. The van der Waals surface area contributed by atoms with E-state index >= 15 is 0 Å². The summed E-state index contributed by atoms with van der Waals surface area (Å²) in [5, 5.41) is 3.61. The molecule has 2 aromatic rings. The molecule has 1 heterocycles. The number of benzene rings is 1. The van der Waals surface area contributed by atoms with Gasteiger partial charge in [0.1, 0.15) is 5.82 Å². The van der Waals surface area contributed by atoms with Crippen LogP contribution in [0, 0.1) is 6.92 Å². The molecule has 1 aromatic heterocycles. The second-order valence-corrected chi connectivity index (χ2v) is 5.21. The van der Waals surface area contributed by atoms with Crippen LogP contribution in [-0.2, 0) is 6.42 Å². The maximum Gasteiger partial charge on any atom is 0.123 e. The summed E-state index contributed by atoms with van der Waals surface area (Å²) >= 11 is 0. The third kappa shape index (κ3) is 4.07. The molecule has 2 rings (SSSR count). The summed E-state index contributed by atoms with van der Waals surface area (Å²) in [6.45, 7) is 5.31. The number of anilines is 1. The van der Waals surface area contributed by atoms with Gasteiger partial charge in [-0.3, -0.25) is 0 Å². The fourth-order valence-electron chi connectivity index (χ4n) is 2.28. The van der Waals surface area contributed by atoms with Crippen LogP contribution in [0.5, 0.6) is 0 Å². The molecule has 3 nitrogen and oxygen atoms in total. The molecule has 1 unspecified atom stereocenters. The summed E-state index contributed by atoms with van der Waals surface area (Å²) in [4.78, 5) is 4.05. The van der Waals surface area contributed by atoms with Gasteiger partial charge in [-0.25, -0.2) is 4.98 Å². The maximum absolute atomic E-state index is 5.76. The number of nitrogens with zero attached hydrogens (tertiary/aromatic N) is 1. The fourth-order valence-corrected chi connectivity index (χ4v) is 2.28. The summed E-state index contributed by atoms with van der Waals surface area (Å²) < 4.78 is 0. The molecule has 0 radical (unpaired) electrons. The second-order valence-electron chi connectivity index (χ2n) is 5.21. The van der Waals surface area contributed by atoms with Crippen molar-refractivity contribution in [1.29, 1.82) is 0 Å². The molecule has 0 aliphatic heterocycles. The topological polar surface area (TPSA) is 50.9 Å². The summed E-state index contributed by atoms with van der Waals surface area (Å²) in [5.74, 6) is 0.584. The van der Waals surface area contributed by atoms with E-state index in [1.807, 2.05) is 12.1 Å². The Morgan fingerprint density at radius 1 is 1.20 bits per heavy atom. The van der Waals surface area contributed by atoms with Gasteiger partial charge in [0.2, 0.25) is 0 Å². The Kier molecular flexibility index (Phi) is 5.13. The predicted octanol–water partition coefficient (Wildman–Crippen LogP) is 3.26. The highest BCUT2D eigenvalue weighted by molar-refractivity contribution is 5.33. The van der Waals surface area contributed by atoms with Crippen molar-refractivity contribution < 1.29 is 0 Å². The highest BCUT2D eigenvalue weighted by Crippen LogP contribution is 2.19. The van der Waals surface area contributed by atoms with Crippen molar-refractivity contribution in [3.05, 3.63) is 59.3 Å². The van der Waals surface area contributed by atoms with Crippen LogP contribution in [0.2, 0.25) is 0 Å². The van der Waals surface area contributed by atoms with Gasteiger partial charge in [0.15, 0.2) is 0 Å². The van der Waals surface area contributed by atoms with Crippen molar-refractivity contribution in [2.24, 2.45) is 0 Å². The molecule has 3 N–H and O–H groups in total. The number of pyridine rings is 1. The lowest BCUT2D eigenvalue weighted by Crippen LogP contribution is -2.24. The van der Waals surface area contributed by atoms with E-state index < -0.39 is 0 Å². The monoisotopic (exact) mass is 269 g/mol. The van der Waals surface area contributed by atoms with E-state index in [0.29, 0.717) is 11.9 Å². The van der Waals surface area contributed by atoms with Crippen LogP contribution in [0.3, 0.4) is 0 Å². The summed E-state index contributed by atoms with van der Waals surface area (Å²) in [6, 6.07) is 13.0. The highest BCUT2D eigenvalue weighted by atomic mass is 14.9. The minimum absolute atomic E-state index is 0.317. The molecule has 1 aromatic carbocycles. The lowest BCUT2D eigenvalue weighted by molar-refractivity contribution is 0.529. The zero-order valence-electron chi connectivity index (χ0n) is 12.3. The van der Waals surface area contributed by atoms with Crippen LogP contribution in [0.1, 0.15) is 36.1 Å². The molecule has 0 fully saturated rings. The standard InChI is InChI=1S/C17H23N3/c1-3-9-19-16(15-6-4-13(2)5-7-15)11-14-8-10-20-17(18)12-14/h4-8,10,12,16,19H,3,9,11H2,1-2H3,(H2,18,20). The van der Waals surface area contributed by atoms with Crippen LogP contribution < -0.4 is 11.1 Å². The molecule has 0 aliphatic rings. The van der Waals surface area contributed by atoms with Crippen molar-refractivity contribution in [3.63, 3.8) is 0 Å². The third-order valence-corrected chi connectivity index (χ3v) is 3.41. The van der Waals surface area contributed by atoms with E-state index in [9.17, 15) is 0 Å². The first-order chi connectivity index (χ1) is 9.69. The molecule has 20 heavy (non-hydrogen) atoms. The number of nitrogens with two attached hydrogens (primary N) is 1. The van der Waals surface area contributed by atoms with Gasteiger partial charge >= 0.3 is 0 Å². The average Bonchev–Trinajstić information content (AvgIpc) is 2.44. The Morgan fingerprint density at radius 2 is 1.95 bits per heavy atom. The average molecular weight is 269 g/mol. The smallest absolute Gasteiger partial charge is 0.123 e. The number of aryl methyl sites for hydroxylation is 1. The Balaban J connectivity index is 2.16. The second kappa shape index (κ2) is 7.06. The van der Waals surface area contributed by atoms with Gasteiger partial charge < -0.3 is 11.1 Å². The van der Waals surface area contributed by atoms with E-state index in [1.165, 1.54) is 16.7 Å². The number of hydrogen-bond donors (Lipinski definition) is 2. The zero-order valence-corrected chi connectivity index (χ0v) is 12.3. The SMILES string of the molecule is CCCNC(Cc1ccnc(N)c1)c1ccc(C)cc1. The highest BCUT2D eigenvalue weighted by Gasteiger charge is 2.11. The number of nitrogen functional groups attached to an aromatic ring is 1. The minimum atomic E-state index is 0.317. The molecular weight excluding hydrogens is 246 g/mol. The number of hydrogen-bond acceptors (Lipinski definition) is 3. The maximum atomic E-state index is 5.76. The Labute approximate surface area is 121 Å². The molecule has 0 aliphatic carbocycles. The zero-order chi connectivity index (χ0) is 14.4. The quantitative estimate of drug-likeness (QED) is 0.846. The van der Waals surface area contributed by atoms with E-state index in [2.05, 4.69) is 48.4 Å². The molecule has 1 atom stereocenters. The summed E-state index contributed by atoms with van der Waals surface area (Å²) in [5.41, 5.74) is 9.58. The van der Waals surface area contributed by atoms with Crippen molar-refractivity contribution in [1.82, 2.24) is 10.3 Å². The predicted molar refractivity (Wildman–Crippen MR) is 84.6 cm³/mol. The third-order valence-electron chi connectivity index (χ3n) is 3.41. The normalized spacial score (nSPS) is 12.3. The van der Waals surface area contributed by atoms with Gasteiger partial charge in [0.05, 0.1) is 0 Å². The molecule has 0 amide bonds. The molecule has 0 saturated carbocycles. The number of aromatic nitrogens is 1. The Morgan fingerprint density at radius 3 is 2.60 bits per heavy atom. The van der Waals surface area contributed by atoms with Gasteiger partial charge in [-0.15, -0.1) is 0 Å². The van der Waals surface area contributed by atoms with Crippen molar-refractivity contribution >= 4 is 5.82 Å². The number of nitrogens with one attached hydrogen (secondary N) is 1. The first-order valence-electron chi connectivity index (χ1n) is 7.19. The van der Waals surface area contributed by atoms with Crippen LogP contribution in [-0.4, -0.2) is 11.5 Å². The van der Waals surface area contributed by atoms with E-state index in [0.717, 1.165) is 19.4 Å². The molecule has 0 spiro atoms. The van der Waals surface area contributed by atoms with Crippen LogP contribution in [0.25, 0.3) is 0 Å². The fraction of sp³-hybridized carbons (Fsp3) is 0.353.